The number of hydrogen-bond acceptors (Lipinski definition) is 6. The number of amides is 2. The van der Waals surface area contributed by atoms with Crippen molar-refractivity contribution in [2.24, 2.45) is 5.92 Å². The van der Waals surface area contributed by atoms with Gasteiger partial charge in [-0.25, -0.2) is 8.42 Å². The zero-order valence-electron chi connectivity index (χ0n) is 21.5. The van der Waals surface area contributed by atoms with E-state index in [9.17, 15) is 18.0 Å². The number of benzene rings is 2. The first-order valence-corrected chi connectivity index (χ1v) is 13.7. The van der Waals surface area contributed by atoms with Crippen LogP contribution in [0, 0.1) is 12.8 Å². The van der Waals surface area contributed by atoms with Gasteiger partial charge in [-0.05, 0) is 49.9 Å². The maximum absolute atomic E-state index is 13.7. The van der Waals surface area contributed by atoms with Gasteiger partial charge in [0.1, 0.15) is 12.6 Å². The maximum atomic E-state index is 13.7. The molecule has 2 aromatic rings. The quantitative estimate of drug-likeness (QED) is 0.491. The topological polar surface area (TPSA) is 105 Å². The van der Waals surface area contributed by atoms with Gasteiger partial charge in [-0.3, -0.25) is 13.9 Å². The highest BCUT2D eigenvalue weighted by atomic mass is 32.2. The highest BCUT2D eigenvalue weighted by Gasteiger charge is 2.32. The van der Waals surface area contributed by atoms with E-state index in [4.69, 9.17) is 9.47 Å². The molecule has 0 aliphatic carbocycles. The lowest BCUT2D eigenvalue weighted by atomic mass is 10.1. The molecule has 1 atom stereocenters. The molecule has 2 amide bonds. The molecule has 36 heavy (non-hydrogen) atoms. The largest absolute Gasteiger partial charge is 0.454 e. The first-order valence-electron chi connectivity index (χ1n) is 12.0. The molecule has 0 saturated carbocycles. The summed E-state index contributed by atoms with van der Waals surface area (Å²) in [5.74, 6) is 0.193. The van der Waals surface area contributed by atoms with Crippen LogP contribution in [0.4, 0.5) is 5.69 Å². The fourth-order valence-corrected chi connectivity index (χ4v) is 4.82. The van der Waals surface area contributed by atoms with Crippen LogP contribution < -0.4 is 19.1 Å². The molecule has 0 spiro atoms. The van der Waals surface area contributed by atoms with Crippen LogP contribution in [0.5, 0.6) is 11.5 Å². The molecule has 0 radical (unpaired) electrons. The summed E-state index contributed by atoms with van der Waals surface area (Å²) in [6.07, 6.45) is 0. The van der Waals surface area contributed by atoms with Gasteiger partial charge in [0.2, 0.25) is 28.6 Å². The second kappa shape index (κ2) is 11.6. The van der Waals surface area contributed by atoms with Crippen LogP contribution in [-0.2, 0) is 26.2 Å². The minimum atomic E-state index is -3.82. The van der Waals surface area contributed by atoms with E-state index < -0.39 is 28.5 Å². The van der Waals surface area contributed by atoms with Gasteiger partial charge in [-0.2, -0.15) is 0 Å². The molecule has 0 saturated heterocycles. The number of ether oxygens (including phenoxy) is 2. The highest BCUT2D eigenvalue weighted by Crippen LogP contribution is 2.36. The van der Waals surface area contributed by atoms with Crippen molar-refractivity contribution in [1.82, 2.24) is 10.2 Å². The molecule has 2 aromatic carbocycles. The number of hydrogen-bond donors (Lipinski definition) is 1. The number of nitrogens with zero attached hydrogens (tertiary/aromatic N) is 2. The second-order valence-electron chi connectivity index (χ2n) is 9.21. The summed E-state index contributed by atoms with van der Waals surface area (Å²) in [5, 5.41) is 2.88. The Morgan fingerprint density at radius 2 is 1.75 bits per heavy atom. The number of nitrogens with one attached hydrogen (secondary N) is 1. The van der Waals surface area contributed by atoms with Gasteiger partial charge in [-0.1, -0.05) is 38.1 Å². The Labute approximate surface area is 213 Å². The van der Waals surface area contributed by atoms with E-state index in [2.05, 4.69) is 5.32 Å². The Kier molecular flexibility index (Phi) is 8.84. The van der Waals surface area contributed by atoms with E-state index in [-0.39, 0.29) is 30.9 Å². The van der Waals surface area contributed by atoms with Crippen molar-refractivity contribution in [1.29, 1.82) is 0 Å². The van der Waals surface area contributed by atoms with Crippen LogP contribution >= 0.6 is 0 Å². The van der Waals surface area contributed by atoms with Crippen molar-refractivity contribution in [3.63, 3.8) is 0 Å². The van der Waals surface area contributed by atoms with Gasteiger partial charge in [0.15, 0.2) is 11.5 Å². The molecule has 9 nitrogen and oxygen atoms in total. The monoisotopic (exact) mass is 517 g/mol. The number of aryl methyl sites for hydroxylation is 1. The summed E-state index contributed by atoms with van der Waals surface area (Å²) >= 11 is 0. The van der Waals surface area contributed by atoms with Gasteiger partial charge in [0.25, 0.3) is 0 Å². The number of rotatable bonds is 11. The third-order valence-electron chi connectivity index (χ3n) is 6.08. The van der Waals surface area contributed by atoms with Crippen LogP contribution in [0.1, 0.15) is 38.8 Å². The van der Waals surface area contributed by atoms with Crippen molar-refractivity contribution in [2.45, 2.75) is 47.2 Å². The Morgan fingerprint density at radius 1 is 1.06 bits per heavy atom. The average molecular weight is 518 g/mol. The first kappa shape index (κ1) is 27.3. The number of sulfonamides is 1. The van der Waals surface area contributed by atoms with Gasteiger partial charge in [0.05, 0.1) is 11.4 Å². The summed E-state index contributed by atoms with van der Waals surface area (Å²) in [6.45, 7) is 9.32. The Bertz CT molecular complexity index is 1200. The minimum Gasteiger partial charge on any atom is -0.454 e. The number of carbonyl (C=O) groups is 2. The van der Waals surface area contributed by atoms with Crippen molar-refractivity contribution >= 4 is 27.5 Å². The molecule has 0 aromatic heterocycles. The molecule has 1 heterocycles. The molecule has 0 fully saturated rings. The van der Waals surface area contributed by atoms with Gasteiger partial charge < -0.3 is 19.7 Å². The number of carbonyl (C=O) groups excluding carboxylic acids is 2. The summed E-state index contributed by atoms with van der Waals surface area (Å²) in [5.41, 5.74) is 2.14. The van der Waals surface area contributed by atoms with Crippen LogP contribution in [0.25, 0.3) is 0 Å². The summed E-state index contributed by atoms with van der Waals surface area (Å²) < 4.78 is 37.9. The van der Waals surface area contributed by atoms with E-state index >= 15 is 0 Å². The van der Waals surface area contributed by atoms with E-state index in [1.807, 2.05) is 45.0 Å². The van der Waals surface area contributed by atoms with Crippen LogP contribution in [-0.4, -0.2) is 56.8 Å². The molecule has 196 valence electrons. The van der Waals surface area contributed by atoms with E-state index in [0.717, 1.165) is 15.4 Å². The van der Waals surface area contributed by atoms with Crippen LogP contribution in [0.2, 0.25) is 0 Å². The minimum absolute atomic E-state index is 0.0471. The fourth-order valence-electron chi connectivity index (χ4n) is 3.77. The predicted molar refractivity (Wildman–Crippen MR) is 138 cm³/mol. The van der Waals surface area contributed by atoms with Crippen LogP contribution in [0.15, 0.2) is 42.5 Å². The fraction of sp³-hybridized carbons (Fsp3) is 0.462. The smallest absolute Gasteiger partial charge is 0.244 e. The lowest BCUT2D eigenvalue weighted by Gasteiger charge is -2.32. The molecular formula is C26H35N3O6S. The molecule has 10 heteroatoms. The zero-order chi connectivity index (χ0) is 26.5. The Balaban J connectivity index is 1.93. The number of anilines is 1. The normalized spacial score (nSPS) is 13.4. The summed E-state index contributed by atoms with van der Waals surface area (Å²) in [4.78, 5) is 28.1. The maximum Gasteiger partial charge on any atom is 0.244 e. The zero-order valence-corrected chi connectivity index (χ0v) is 22.3. The molecule has 1 aliphatic rings. The van der Waals surface area contributed by atoms with E-state index in [1.54, 1.807) is 25.1 Å². The standard InChI is InChI=1S/C26H35N3O6S/c1-6-36(32,33)29(22-11-12-23-24(13-22)35-17-34-23)16-25(30)28(15-21-10-8-7-9-19(21)4)20(5)26(31)27-14-18(2)3/h7-13,18,20H,6,14-17H2,1-5H3,(H,27,31)/t20-/m0/s1. The summed E-state index contributed by atoms with van der Waals surface area (Å²) in [7, 11) is -3.82. The predicted octanol–water partition coefficient (Wildman–Crippen LogP) is 3.07. The van der Waals surface area contributed by atoms with Gasteiger partial charge in [-0.15, -0.1) is 0 Å². The van der Waals surface area contributed by atoms with Gasteiger partial charge in [0, 0.05) is 19.2 Å². The molecule has 3 rings (SSSR count). The van der Waals surface area contributed by atoms with E-state index in [1.165, 1.54) is 11.8 Å². The third kappa shape index (κ3) is 6.48. The van der Waals surface area contributed by atoms with E-state index in [0.29, 0.717) is 23.7 Å². The van der Waals surface area contributed by atoms with Crippen molar-refractivity contribution in [3.8, 4) is 11.5 Å². The molecule has 1 N–H and O–H groups in total. The Morgan fingerprint density at radius 3 is 2.42 bits per heavy atom. The third-order valence-corrected chi connectivity index (χ3v) is 7.82. The van der Waals surface area contributed by atoms with Crippen LogP contribution in [0.3, 0.4) is 0 Å². The lowest BCUT2D eigenvalue weighted by molar-refractivity contribution is -0.139. The molecule has 1 aliphatic heterocycles. The molecule has 0 bridgehead atoms. The molecular weight excluding hydrogens is 482 g/mol. The van der Waals surface area contributed by atoms with Crippen molar-refractivity contribution < 1.29 is 27.5 Å². The first-order chi connectivity index (χ1) is 17.0. The average Bonchev–Trinajstić information content (AvgIpc) is 3.32. The SMILES string of the molecule is CCS(=O)(=O)N(CC(=O)N(Cc1ccccc1C)[C@@H](C)C(=O)NCC(C)C)c1ccc2c(c1)OCO2. The lowest BCUT2D eigenvalue weighted by Crippen LogP contribution is -2.51. The second-order valence-corrected chi connectivity index (χ2v) is 11.4. The van der Waals surface area contributed by atoms with Crippen molar-refractivity contribution in [3.05, 3.63) is 53.6 Å². The van der Waals surface area contributed by atoms with Gasteiger partial charge >= 0.3 is 0 Å². The molecule has 0 unspecified atom stereocenters. The Hall–Kier alpha value is -3.27. The highest BCUT2D eigenvalue weighted by molar-refractivity contribution is 7.92. The summed E-state index contributed by atoms with van der Waals surface area (Å²) in [6, 6.07) is 11.5. The van der Waals surface area contributed by atoms with Crippen molar-refractivity contribution in [2.75, 3.05) is 29.9 Å². The number of fused-ring (bicyclic) bond motifs is 1.